The van der Waals surface area contributed by atoms with Crippen molar-refractivity contribution in [1.82, 2.24) is 4.90 Å². The number of Topliss-reactive ketones (excluding diaryl/α,β-unsaturated/α-hetero) is 1. The first kappa shape index (κ1) is 25.4. The van der Waals surface area contributed by atoms with Gasteiger partial charge in [0.2, 0.25) is 0 Å². The Labute approximate surface area is 198 Å². The molecular formula is C25H34F3NO5. The molecule has 0 aliphatic heterocycles. The van der Waals surface area contributed by atoms with E-state index < -0.39 is 24.2 Å². The average Bonchev–Trinajstić information content (AvgIpc) is 3.09. The molecule has 4 aliphatic rings. The number of hydrogen-bond acceptors (Lipinski definition) is 5. The number of ketones is 2. The Bertz CT molecular complexity index is 871. The average molecular weight is 486 g/mol. The molecule has 0 aromatic carbocycles. The highest BCUT2D eigenvalue weighted by atomic mass is 19.4. The number of fused-ring (bicyclic) bond motifs is 5. The van der Waals surface area contributed by atoms with Crippen LogP contribution in [0.4, 0.5) is 13.2 Å². The molecule has 0 aromatic rings. The smallest absolute Gasteiger partial charge is 0.382 e. The molecule has 0 N–H and O–H groups in total. The Kier molecular flexibility index (Phi) is 6.99. The Morgan fingerprint density at radius 3 is 2.56 bits per heavy atom. The van der Waals surface area contributed by atoms with Gasteiger partial charge in [-0.05, 0) is 62.4 Å². The van der Waals surface area contributed by atoms with Crippen molar-refractivity contribution in [2.45, 2.75) is 64.5 Å². The van der Waals surface area contributed by atoms with E-state index in [-0.39, 0.29) is 55.1 Å². The third kappa shape index (κ3) is 4.34. The zero-order chi connectivity index (χ0) is 24.7. The highest BCUT2D eigenvalue weighted by Crippen LogP contribution is 2.64. The predicted molar refractivity (Wildman–Crippen MR) is 117 cm³/mol. The molecule has 0 radical (unpaired) electrons. The maximum atomic E-state index is 13.5. The van der Waals surface area contributed by atoms with Crippen LogP contribution in [0.3, 0.4) is 0 Å². The van der Waals surface area contributed by atoms with Crippen molar-refractivity contribution in [3.8, 4) is 0 Å². The van der Waals surface area contributed by atoms with Gasteiger partial charge in [-0.15, -0.1) is 0 Å². The van der Waals surface area contributed by atoms with Crippen LogP contribution in [-0.4, -0.2) is 62.1 Å². The van der Waals surface area contributed by atoms with E-state index in [0.717, 1.165) is 23.3 Å². The molecule has 6 nitrogen and oxygen atoms in total. The van der Waals surface area contributed by atoms with Crippen LogP contribution >= 0.6 is 0 Å². The monoisotopic (exact) mass is 485 g/mol. The van der Waals surface area contributed by atoms with Gasteiger partial charge in [0.05, 0.1) is 13.2 Å². The van der Waals surface area contributed by atoms with Crippen molar-refractivity contribution in [1.29, 1.82) is 0 Å². The van der Waals surface area contributed by atoms with Gasteiger partial charge in [-0.1, -0.05) is 12.5 Å². The minimum Gasteiger partial charge on any atom is -0.382 e. The SMILES string of the molecule is COCCOCN(C[C@]12CCC(=O)C=C1CC[C@@H]1[C@H]2CC[C@]2(C)C(=O)CC[C@@H]12)C(=O)C(F)(F)F. The molecule has 0 heterocycles. The first-order valence-electron chi connectivity index (χ1n) is 12.2. The lowest BCUT2D eigenvalue weighted by Gasteiger charge is -2.58. The number of alkyl halides is 3. The molecule has 9 heteroatoms. The normalized spacial score (nSPS) is 35.3. The van der Waals surface area contributed by atoms with E-state index in [1.54, 1.807) is 6.08 Å². The molecule has 5 atom stereocenters. The van der Waals surface area contributed by atoms with Gasteiger partial charge in [0.1, 0.15) is 12.5 Å². The maximum absolute atomic E-state index is 13.5. The van der Waals surface area contributed by atoms with Gasteiger partial charge < -0.3 is 14.4 Å². The number of nitrogens with zero attached hydrogens (tertiary/aromatic N) is 1. The minimum atomic E-state index is -5.02. The van der Waals surface area contributed by atoms with Crippen LogP contribution in [0.15, 0.2) is 11.6 Å². The lowest BCUT2D eigenvalue weighted by molar-refractivity contribution is -0.194. The molecule has 4 rings (SSSR count). The van der Waals surface area contributed by atoms with E-state index in [4.69, 9.17) is 9.47 Å². The summed E-state index contributed by atoms with van der Waals surface area (Å²) < 4.78 is 50.9. The first-order valence-corrected chi connectivity index (χ1v) is 12.2. The van der Waals surface area contributed by atoms with Gasteiger partial charge >= 0.3 is 12.1 Å². The fourth-order valence-corrected chi connectivity index (χ4v) is 7.44. The van der Waals surface area contributed by atoms with Crippen LogP contribution in [0.5, 0.6) is 0 Å². The number of halogens is 3. The Morgan fingerprint density at radius 2 is 1.85 bits per heavy atom. The summed E-state index contributed by atoms with van der Waals surface area (Å²) in [6.45, 7) is 1.71. The third-order valence-corrected chi connectivity index (χ3v) is 9.08. The molecule has 3 saturated carbocycles. The van der Waals surface area contributed by atoms with Crippen molar-refractivity contribution < 1.29 is 37.0 Å². The quantitative estimate of drug-likeness (QED) is 0.401. The summed E-state index contributed by atoms with van der Waals surface area (Å²) >= 11 is 0. The van der Waals surface area contributed by atoms with Crippen LogP contribution in [-0.2, 0) is 23.9 Å². The van der Waals surface area contributed by atoms with E-state index in [1.807, 2.05) is 0 Å². The van der Waals surface area contributed by atoms with E-state index in [9.17, 15) is 27.6 Å². The summed E-state index contributed by atoms with van der Waals surface area (Å²) in [4.78, 5) is 38.2. The van der Waals surface area contributed by atoms with Gasteiger partial charge in [-0.25, -0.2) is 0 Å². The minimum absolute atomic E-state index is 0.00851. The van der Waals surface area contributed by atoms with Gasteiger partial charge in [0, 0.05) is 37.3 Å². The molecule has 3 fully saturated rings. The van der Waals surface area contributed by atoms with Crippen LogP contribution in [0.1, 0.15) is 58.3 Å². The summed E-state index contributed by atoms with van der Waals surface area (Å²) in [5, 5.41) is 0. The molecule has 4 aliphatic carbocycles. The van der Waals surface area contributed by atoms with Gasteiger partial charge in [-0.2, -0.15) is 13.2 Å². The lowest BCUT2D eigenvalue weighted by Crippen LogP contribution is -2.57. The molecule has 1 amide bonds. The molecule has 0 saturated heterocycles. The number of methoxy groups -OCH3 is 1. The van der Waals surface area contributed by atoms with E-state index in [0.29, 0.717) is 37.9 Å². The van der Waals surface area contributed by atoms with Gasteiger partial charge in [-0.3, -0.25) is 14.4 Å². The highest BCUT2D eigenvalue weighted by Gasteiger charge is 2.61. The maximum Gasteiger partial charge on any atom is 0.471 e. The summed E-state index contributed by atoms with van der Waals surface area (Å²) in [5.74, 6) is -1.19. The zero-order valence-corrected chi connectivity index (χ0v) is 19.9. The third-order valence-electron chi connectivity index (χ3n) is 9.08. The van der Waals surface area contributed by atoms with E-state index >= 15 is 0 Å². The molecule has 34 heavy (non-hydrogen) atoms. The molecule has 190 valence electrons. The van der Waals surface area contributed by atoms with Crippen molar-refractivity contribution in [3.63, 3.8) is 0 Å². The van der Waals surface area contributed by atoms with Crippen LogP contribution in [0.2, 0.25) is 0 Å². The lowest BCUT2D eigenvalue weighted by atomic mass is 9.47. The largest absolute Gasteiger partial charge is 0.471 e. The fourth-order valence-electron chi connectivity index (χ4n) is 7.44. The second-order valence-corrected chi connectivity index (χ2v) is 10.7. The van der Waals surface area contributed by atoms with Crippen molar-refractivity contribution in [2.75, 3.05) is 33.6 Å². The second kappa shape index (κ2) is 9.37. The van der Waals surface area contributed by atoms with E-state index in [2.05, 4.69) is 6.92 Å². The molecule has 0 spiro atoms. The molecule has 0 aromatic heterocycles. The summed E-state index contributed by atoms with van der Waals surface area (Å²) in [6.07, 6.45) is 1.53. The number of ether oxygens (including phenoxy) is 2. The number of carbonyl (C=O) groups is 3. The Balaban J connectivity index is 1.67. The van der Waals surface area contributed by atoms with Gasteiger partial charge in [0.25, 0.3) is 0 Å². The highest BCUT2D eigenvalue weighted by molar-refractivity contribution is 5.92. The first-order chi connectivity index (χ1) is 16.0. The number of carbonyl (C=O) groups excluding carboxylic acids is 3. The van der Waals surface area contributed by atoms with Crippen molar-refractivity contribution in [2.24, 2.45) is 28.6 Å². The van der Waals surface area contributed by atoms with E-state index in [1.165, 1.54) is 7.11 Å². The number of amides is 1. The Hall–Kier alpha value is -1.74. The fraction of sp³-hybridized carbons (Fsp3) is 0.800. The van der Waals surface area contributed by atoms with Crippen molar-refractivity contribution >= 4 is 17.5 Å². The second-order valence-electron chi connectivity index (χ2n) is 10.7. The number of hydrogen-bond donors (Lipinski definition) is 0. The summed E-state index contributed by atoms with van der Waals surface area (Å²) in [7, 11) is 1.46. The molecule has 0 unspecified atom stereocenters. The summed E-state index contributed by atoms with van der Waals surface area (Å²) in [6, 6.07) is 0. The van der Waals surface area contributed by atoms with Crippen LogP contribution < -0.4 is 0 Å². The standard InChI is InChI=1S/C25H34F3NO5/c1-23-9-8-20-18(19(23)5-6-21(23)31)4-3-16-13-17(30)7-10-24(16,20)14-29(15-34-12-11-33-2)22(32)25(26,27)28/h13,18-20H,3-12,14-15H2,1-2H3/t18-,19-,20+,23-,24+/m0/s1. The van der Waals surface area contributed by atoms with Crippen LogP contribution in [0.25, 0.3) is 0 Å². The predicted octanol–water partition coefficient (Wildman–Crippen LogP) is 4.08. The molecule has 0 bridgehead atoms. The summed E-state index contributed by atoms with van der Waals surface area (Å²) in [5.41, 5.74) is -0.191. The Morgan fingerprint density at radius 1 is 1.09 bits per heavy atom. The zero-order valence-electron chi connectivity index (χ0n) is 19.9. The van der Waals surface area contributed by atoms with Gasteiger partial charge in [0.15, 0.2) is 5.78 Å². The van der Waals surface area contributed by atoms with Crippen molar-refractivity contribution in [3.05, 3.63) is 11.6 Å². The molecular weight excluding hydrogens is 451 g/mol. The number of rotatable bonds is 7. The van der Waals surface area contributed by atoms with Crippen LogP contribution in [0, 0.1) is 28.6 Å². The topological polar surface area (TPSA) is 72.9 Å².